The van der Waals surface area contributed by atoms with E-state index in [0.29, 0.717) is 5.84 Å². The lowest BCUT2D eigenvalue weighted by Crippen LogP contribution is -2.21. The molecule has 0 atom stereocenters. The van der Waals surface area contributed by atoms with Crippen molar-refractivity contribution in [3.05, 3.63) is 42.1 Å². The first-order valence-electron chi connectivity index (χ1n) is 4.60. The Balaban J connectivity index is 3.17. The van der Waals surface area contributed by atoms with E-state index in [2.05, 4.69) is 19.6 Å². The van der Waals surface area contributed by atoms with Crippen molar-refractivity contribution in [2.75, 3.05) is 4.90 Å². The molecule has 0 fully saturated rings. The number of rotatable bonds is 2. The van der Waals surface area contributed by atoms with Crippen molar-refractivity contribution >= 4 is 11.5 Å². The van der Waals surface area contributed by atoms with E-state index in [-0.39, 0.29) is 0 Å². The molecule has 1 N–H and O–H groups in total. The molecule has 0 aliphatic rings. The van der Waals surface area contributed by atoms with Gasteiger partial charge in [0.1, 0.15) is 5.84 Å². The van der Waals surface area contributed by atoms with Crippen molar-refractivity contribution in [1.82, 2.24) is 0 Å². The molecule has 0 amide bonds. The van der Waals surface area contributed by atoms with Gasteiger partial charge < -0.3 is 4.90 Å². The summed E-state index contributed by atoms with van der Waals surface area (Å²) in [4.78, 5) is 1.77. The molecule has 74 valence electrons. The first-order valence-corrected chi connectivity index (χ1v) is 4.60. The molecule has 0 spiro atoms. The molecule has 0 aromatic heterocycles. The van der Waals surface area contributed by atoms with Crippen molar-refractivity contribution in [2.24, 2.45) is 0 Å². The number of nitrogens with one attached hydrogen (secondary N) is 1. The first kappa shape index (κ1) is 10.5. The SMILES string of the molecule is C=CN(C(C)=N)c1ccc(C)cc1C. The predicted molar refractivity (Wildman–Crippen MR) is 62.0 cm³/mol. The minimum atomic E-state index is 0.479. The highest BCUT2D eigenvalue weighted by molar-refractivity contribution is 5.96. The standard InChI is InChI=1S/C12H16N2/c1-5-14(11(4)13)12-7-6-9(2)8-10(12)3/h5-8,13H,1H2,2-4H3. The van der Waals surface area contributed by atoms with E-state index < -0.39 is 0 Å². The van der Waals surface area contributed by atoms with E-state index in [4.69, 9.17) is 5.41 Å². The molecule has 0 aliphatic heterocycles. The number of hydrogen-bond donors (Lipinski definition) is 1. The fourth-order valence-electron chi connectivity index (χ4n) is 1.49. The van der Waals surface area contributed by atoms with Crippen LogP contribution in [0, 0.1) is 19.3 Å². The lowest BCUT2D eigenvalue weighted by atomic mass is 10.1. The van der Waals surface area contributed by atoms with E-state index in [9.17, 15) is 0 Å². The molecule has 1 rings (SSSR count). The van der Waals surface area contributed by atoms with Gasteiger partial charge in [0.2, 0.25) is 0 Å². The highest BCUT2D eigenvalue weighted by atomic mass is 15.1. The largest absolute Gasteiger partial charge is 0.306 e. The van der Waals surface area contributed by atoms with Crippen LogP contribution in [0.1, 0.15) is 18.1 Å². The first-order chi connectivity index (χ1) is 6.56. The molecule has 1 aromatic carbocycles. The lowest BCUT2D eigenvalue weighted by Gasteiger charge is -2.20. The zero-order valence-electron chi connectivity index (χ0n) is 8.96. The summed E-state index contributed by atoms with van der Waals surface area (Å²) in [5.74, 6) is 0.479. The quantitative estimate of drug-likeness (QED) is 0.559. The van der Waals surface area contributed by atoms with E-state index in [1.807, 2.05) is 19.1 Å². The maximum atomic E-state index is 7.59. The monoisotopic (exact) mass is 188 g/mol. The third kappa shape index (κ3) is 2.02. The van der Waals surface area contributed by atoms with Crippen molar-refractivity contribution in [3.63, 3.8) is 0 Å². The minimum Gasteiger partial charge on any atom is -0.306 e. The maximum absolute atomic E-state index is 7.59. The van der Waals surface area contributed by atoms with Gasteiger partial charge in [0.15, 0.2) is 0 Å². The van der Waals surface area contributed by atoms with Gasteiger partial charge in [0.25, 0.3) is 0 Å². The third-order valence-corrected chi connectivity index (χ3v) is 2.16. The molecule has 14 heavy (non-hydrogen) atoms. The molecule has 0 aliphatic carbocycles. The molecule has 1 aromatic rings. The summed E-state index contributed by atoms with van der Waals surface area (Å²) in [6, 6.07) is 6.17. The zero-order valence-corrected chi connectivity index (χ0v) is 8.96. The van der Waals surface area contributed by atoms with Crippen LogP contribution < -0.4 is 4.90 Å². The van der Waals surface area contributed by atoms with Gasteiger partial charge in [0.05, 0.1) is 0 Å². The summed E-state index contributed by atoms with van der Waals surface area (Å²) >= 11 is 0. The van der Waals surface area contributed by atoms with E-state index >= 15 is 0 Å². The Morgan fingerprint density at radius 3 is 2.50 bits per heavy atom. The van der Waals surface area contributed by atoms with Crippen LogP contribution in [0.4, 0.5) is 5.69 Å². The van der Waals surface area contributed by atoms with Gasteiger partial charge in [-0.05, 0) is 32.4 Å². The second-order valence-electron chi connectivity index (χ2n) is 3.43. The number of amidine groups is 1. The van der Waals surface area contributed by atoms with Gasteiger partial charge in [-0.1, -0.05) is 24.3 Å². The second-order valence-corrected chi connectivity index (χ2v) is 3.43. The molecule has 0 heterocycles. The molecule has 2 heteroatoms. The van der Waals surface area contributed by atoms with E-state index in [1.54, 1.807) is 18.0 Å². The summed E-state index contributed by atoms with van der Waals surface area (Å²) in [5.41, 5.74) is 3.42. The fraction of sp³-hybridized carbons (Fsp3) is 0.250. The predicted octanol–water partition coefficient (Wildman–Crippen LogP) is 3.25. The summed E-state index contributed by atoms with van der Waals surface area (Å²) in [6.07, 6.45) is 1.67. The normalized spacial score (nSPS) is 9.64. The average Bonchev–Trinajstić information content (AvgIpc) is 2.09. The molecule has 2 nitrogen and oxygen atoms in total. The summed E-state index contributed by atoms with van der Waals surface area (Å²) in [6.45, 7) is 9.56. The molecule has 0 radical (unpaired) electrons. The van der Waals surface area contributed by atoms with Crippen molar-refractivity contribution in [1.29, 1.82) is 5.41 Å². The van der Waals surface area contributed by atoms with Crippen LogP contribution in [0.2, 0.25) is 0 Å². The van der Waals surface area contributed by atoms with Gasteiger partial charge >= 0.3 is 0 Å². The van der Waals surface area contributed by atoms with Crippen LogP contribution in [0.15, 0.2) is 31.0 Å². The number of hydrogen-bond acceptors (Lipinski definition) is 1. The van der Waals surface area contributed by atoms with Crippen LogP contribution in [0.25, 0.3) is 0 Å². The Labute approximate surface area is 85.4 Å². The van der Waals surface area contributed by atoms with Gasteiger partial charge in [-0.15, -0.1) is 0 Å². The van der Waals surface area contributed by atoms with Gasteiger partial charge in [-0.2, -0.15) is 0 Å². The van der Waals surface area contributed by atoms with E-state index in [0.717, 1.165) is 11.3 Å². The van der Waals surface area contributed by atoms with Gasteiger partial charge in [-0.25, -0.2) is 0 Å². The smallest absolute Gasteiger partial charge is 0.101 e. The second kappa shape index (κ2) is 4.09. The number of benzene rings is 1. The van der Waals surface area contributed by atoms with Crippen LogP contribution in [-0.2, 0) is 0 Å². The molecule has 0 unspecified atom stereocenters. The third-order valence-electron chi connectivity index (χ3n) is 2.16. The average molecular weight is 188 g/mol. The number of nitrogens with zero attached hydrogens (tertiary/aromatic N) is 1. The fourth-order valence-corrected chi connectivity index (χ4v) is 1.49. The molecular formula is C12H16N2. The molecule has 0 bridgehead atoms. The topological polar surface area (TPSA) is 27.1 Å². The highest BCUT2D eigenvalue weighted by Gasteiger charge is 2.07. The summed E-state index contributed by atoms with van der Waals surface area (Å²) < 4.78 is 0. The van der Waals surface area contributed by atoms with E-state index in [1.165, 1.54) is 5.56 Å². The number of aryl methyl sites for hydroxylation is 2. The zero-order chi connectivity index (χ0) is 10.7. The van der Waals surface area contributed by atoms with Crippen LogP contribution >= 0.6 is 0 Å². The molecule has 0 saturated heterocycles. The Bertz CT molecular complexity index is 367. The van der Waals surface area contributed by atoms with Crippen LogP contribution in [0.5, 0.6) is 0 Å². The molecular weight excluding hydrogens is 172 g/mol. The number of anilines is 1. The summed E-state index contributed by atoms with van der Waals surface area (Å²) in [5, 5.41) is 7.59. The van der Waals surface area contributed by atoms with Crippen LogP contribution in [0.3, 0.4) is 0 Å². The van der Waals surface area contributed by atoms with Crippen molar-refractivity contribution in [3.8, 4) is 0 Å². The Hall–Kier alpha value is -1.57. The molecule has 0 saturated carbocycles. The summed E-state index contributed by atoms with van der Waals surface area (Å²) in [7, 11) is 0. The Morgan fingerprint density at radius 2 is 2.07 bits per heavy atom. The van der Waals surface area contributed by atoms with Crippen LogP contribution in [-0.4, -0.2) is 5.84 Å². The maximum Gasteiger partial charge on any atom is 0.101 e. The highest BCUT2D eigenvalue weighted by Crippen LogP contribution is 2.21. The Kier molecular flexibility index (Phi) is 3.07. The Morgan fingerprint density at radius 1 is 1.43 bits per heavy atom. The van der Waals surface area contributed by atoms with Gasteiger partial charge in [0, 0.05) is 11.9 Å². The van der Waals surface area contributed by atoms with Crippen molar-refractivity contribution < 1.29 is 0 Å². The van der Waals surface area contributed by atoms with Gasteiger partial charge in [-0.3, -0.25) is 5.41 Å². The minimum absolute atomic E-state index is 0.479. The lowest BCUT2D eigenvalue weighted by molar-refractivity contribution is 1.24. The van der Waals surface area contributed by atoms with Crippen molar-refractivity contribution in [2.45, 2.75) is 20.8 Å².